The average molecular weight is 514 g/mol. The summed E-state index contributed by atoms with van der Waals surface area (Å²) in [5.41, 5.74) is 6.26. The highest BCUT2D eigenvalue weighted by atomic mass is 19.1. The zero-order valence-corrected chi connectivity index (χ0v) is 20.7. The van der Waals surface area contributed by atoms with Crippen molar-refractivity contribution in [3.8, 4) is 0 Å². The Bertz CT molecular complexity index is 1340. The number of rotatable bonds is 4. The maximum atomic E-state index is 15.0. The number of anilines is 3. The van der Waals surface area contributed by atoms with Crippen molar-refractivity contribution in [2.75, 3.05) is 55.7 Å². The van der Waals surface area contributed by atoms with E-state index in [0.29, 0.717) is 45.1 Å². The number of halogens is 2. The summed E-state index contributed by atoms with van der Waals surface area (Å²) in [6.07, 6.45) is 5.60. The molecule has 0 saturated carbocycles. The van der Waals surface area contributed by atoms with Crippen molar-refractivity contribution in [2.45, 2.75) is 25.8 Å². The smallest absolute Gasteiger partial charge is 0.263 e. The fraction of sp³-hybridized carbons (Fsp3) is 0.458. The van der Waals surface area contributed by atoms with Crippen molar-refractivity contribution in [3.05, 3.63) is 42.0 Å². The van der Waals surface area contributed by atoms with Crippen molar-refractivity contribution < 1.29 is 18.4 Å². The number of nitrogen functional groups attached to an aromatic ring is 1. The van der Waals surface area contributed by atoms with Gasteiger partial charge in [0.1, 0.15) is 11.3 Å². The van der Waals surface area contributed by atoms with Crippen LogP contribution in [-0.4, -0.2) is 87.0 Å². The Labute approximate surface area is 212 Å². The number of pyridine rings is 1. The number of nitrogens with one attached hydrogen (secondary N) is 1. The molecule has 2 saturated heterocycles. The second kappa shape index (κ2) is 9.88. The molecule has 196 valence electrons. The van der Waals surface area contributed by atoms with Gasteiger partial charge in [0.15, 0.2) is 23.1 Å². The Morgan fingerprint density at radius 3 is 2.59 bits per heavy atom. The first-order valence-electron chi connectivity index (χ1n) is 12.2. The van der Waals surface area contributed by atoms with E-state index in [2.05, 4.69) is 39.3 Å². The molecule has 2 fully saturated rings. The lowest BCUT2D eigenvalue weighted by Gasteiger charge is -2.41. The van der Waals surface area contributed by atoms with E-state index in [1.54, 1.807) is 0 Å². The maximum Gasteiger partial charge on any atom is 0.263 e. The average Bonchev–Trinajstić information content (AvgIpc) is 3.20. The van der Waals surface area contributed by atoms with Gasteiger partial charge in [-0.1, -0.05) is 0 Å². The van der Waals surface area contributed by atoms with Crippen LogP contribution in [0.15, 0.2) is 24.8 Å². The Morgan fingerprint density at radius 1 is 1.11 bits per heavy atom. The fourth-order valence-electron chi connectivity index (χ4n) is 5.03. The van der Waals surface area contributed by atoms with Gasteiger partial charge in [-0.3, -0.25) is 14.6 Å². The van der Waals surface area contributed by atoms with Crippen LogP contribution in [0.2, 0.25) is 0 Å². The highest BCUT2D eigenvalue weighted by molar-refractivity contribution is 6.12. The monoisotopic (exact) mass is 513 g/mol. The molecule has 0 spiro atoms. The zero-order valence-electron chi connectivity index (χ0n) is 20.7. The third-order valence-electron chi connectivity index (χ3n) is 7.25. The second-order valence-corrected chi connectivity index (χ2v) is 9.65. The minimum Gasteiger partial charge on any atom is -0.381 e. The summed E-state index contributed by atoms with van der Waals surface area (Å²) >= 11 is 0. The van der Waals surface area contributed by atoms with E-state index in [9.17, 15) is 18.4 Å². The van der Waals surface area contributed by atoms with E-state index in [4.69, 9.17) is 5.73 Å². The van der Waals surface area contributed by atoms with Gasteiger partial charge in [0.2, 0.25) is 5.91 Å². The van der Waals surface area contributed by atoms with Crippen molar-refractivity contribution in [2.24, 2.45) is 5.92 Å². The number of likely N-dealkylation sites (N-methyl/N-ethyl adjacent to an activating group) is 1. The van der Waals surface area contributed by atoms with Gasteiger partial charge in [-0.2, -0.15) is 0 Å². The second-order valence-electron chi connectivity index (χ2n) is 9.65. The summed E-state index contributed by atoms with van der Waals surface area (Å²) in [7, 11) is 2.06. The van der Waals surface area contributed by atoms with Crippen LogP contribution in [0.25, 0.3) is 5.65 Å². The number of piperazine rings is 1. The van der Waals surface area contributed by atoms with Crippen LogP contribution in [0.5, 0.6) is 0 Å². The van der Waals surface area contributed by atoms with Crippen LogP contribution in [0.1, 0.15) is 30.1 Å². The molecule has 0 aromatic carbocycles. The Kier molecular flexibility index (Phi) is 6.63. The summed E-state index contributed by atoms with van der Waals surface area (Å²) < 4.78 is 29.6. The van der Waals surface area contributed by atoms with Gasteiger partial charge in [0, 0.05) is 44.7 Å². The van der Waals surface area contributed by atoms with Gasteiger partial charge in [-0.15, -0.1) is 5.10 Å². The number of fused-ring (bicyclic) bond motifs is 1. The SMILES string of the molecule is C[C@@H]1CN(C(=O)C2CCN(c3c(F)cncc3NC(=O)c3c(N)nn4cc(F)cnc34)CC2)CCN1C. The molecule has 37 heavy (non-hydrogen) atoms. The molecule has 0 unspecified atom stereocenters. The maximum absolute atomic E-state index is 15.0. The van der Waals surface area contributed by atoms with Gasteiger partial charge >= 0.3 is 0 Å². The van der Waals surface area contributed by atoms with Gasteiger partial charge < -0.3 is 25.8 Å². The van der Waals surface area contributed by atoms with E-state index in [1.807, 2.05) is 9.80 Å². The third-order valence-corrected chi connectivity index (χ3v) is 7.25. The summed E-state index contributed by atoms with van der Waals surface area (Å²) in [5, 5.41) is 6.59. The molecular weight excluding hydrogens is 484 g/mol. The van der Waals surface area contributed by atoms with Gasteiger partial charge in [0.05, 0.1) is 30.5 Å². The zero-order chi connectivity index (χ0) is 26.3. The van der Waals surface area contributed by atoms with E-state index >= 15 is 0 Å². The molecule has 5 rings (SSSR count). The molecule has 0 aliphatic carbocycles. The molecule has 0 radical (unpaired) electrons. The van der Waals surface area contributed by atoms with Gasteiger partial charge in [-0.25, -0.2) is 18.3 Å². The van der Waals surface area contributed by atoms with Crippen molar-refractivity contribution in [1.29, 1.82) is 0 Å². The molecular formula is C24H29F2N9O2. The highest BCUT2D eigenvalue weighted by Gasteiger charge is 2.33. The van der Waals surface area contributed by atoms with Crippen LogP contribution >= 0.6 is 0 Å². The molecule has 3 N–H and O–H groups in total. The summed E-state index contributed by atoms with van der Waals surface area (Å²) in [6.45, 7) is 5.27. The molecule has 2 aliphatic heterocycles. The van der Waals surface area contributed by atoms with E-state index in [0.717, 1.165) is 29.7 Å². The number of piperidine rings is 1. The molecule has 1 atom stereocenters. The molecule has 2 amide bonds. The predicted octanol–water partition coefficient (Wildman–Crippen LogP) is 1.62. The van der Waals surface area contributed by atoms with Gasteiger partial charge in [0.25, 0.3) is 5.91 Å². The first kappa shape index (κ1) is 24.8. The van der Waals surface area contributed by atoms with Crippen LogP contribution in [-0.2, 0) is 4.79 Å². The van der Waals surface area contributed by atoms with Crippen LogP contribution in [0.4, 0.5) is 26.0 Å². The normalized spacial score (nSPS) is 19.4. The molecule has 11 nitrogen and oxygen atoms in total. The first-order chi connectivity index (χ1) is 17.7. The molecule has 3 aromatic heterocycles. The minimum atomic E-state index is -0.672. The first-order valence-corrected chi connectivity index (χ1v) is 12.2. The number of nitrogens with zero attached hydrogens (tertiary/aromatic N) is 7. The third kappa shape index (κ3) is 4.78. The van der Waals surface area contributed by atoms with Crippen molar-refractivity contribution >= 4 is 34.7 Å². The van der Waals surface area contributed by atoms with E-state index in [-0.39, 0.29) is 40.2 Å². The Balaban J connectivity index is 1.31. The summed E-state index contributed by atoms with van der Waals surface area (Å²) in [4.78, 5) is 40.0. The number of amides is 2. The molecule has 2 aliphatic rings. The Hall–Kier alpha value is -3.87. The summed E-state index contributed by atoms with van der Waals surface area (Å²) in [5.74, 6) is -2.02. The van der Waals surface area contributed by atoms with Crippen LogP contribution in [0, 0.1) is 17.6 Å². The molecule has 13 heteroatoms. The number of aromatic nitrogens is 4. The largest absolute Gasteiger partial charge is 0.381 e. The standard InChI is InChI=1S/C24H29F2N9O2/c1-14-12-34(8-7-32(14)2)24(37)15-3-5-33(6-4-15)20-17(26)10-28-11-18(20)30-23(36)19-21(27)31-35-13-16(25)9-29-22(19)35/h9-11,13-15H,3-8,12H2,1-2H3,(H2,27,31)(H,30,36)/t14-/m1/s1. The van der Waals surface area contributed by atoms with Crippen molar-refractivity contribution in [1.82, 2.24) is 29.4 Å². The van der Waals surface area contributed by atoms with Crippen LogP contribution < -0.4 is 16.0 Å². The number of hydrogen-bond donors (Lipinski definition) is 2. The van der Waals surface area contributed by atoms with Gasteiger partial charge in [-0.05, 0) is 26.8 Å². The molecule has 0 bridgehead atoms. The van der Waals surface area contributed by atoms with Crippen molar-refractivity contribution in [3.63, 3.8) is 0 Å². The number of carbonyl (C=O) groups is 2. The highest BCUT2D eigenvalue weighted by Crippen LogP contribution is 2.33. The topological polar surface area (TPSA) is 125 Å². The minimum absolute atomic E-state index is 0.0547. The molecule has 5 heterocycles. The van der Waals surface area contributed by atoms with E-state index < -0.39 is 17.5 Å². The van der Waals surface area contributed by atoms with E-state index in [1.165, 1.54) is 6.20 Å². The lowest BCUT2D eigenvalue weighted by Crippen LogP contribution is -2.54. The fourth-order valence-corrected chi connectivity index (χ4v) is 5.03. The predicted molar refractivity (Wildman–Crippen MR) is 133 cm³/mol. The lowest BCUT2D eigenvalue weighted by atomic mass is 9.94. The lowest BCUT2D eigenvalue weighted by molar-refractivity contribution is -0.138. The number of hydrogen-bond acceptors (Lipinski definition) is 8. The summed E-state index contributed by atoms with van der Waals surface area (Å²) in [6, 6.07) is 0.311. The Morgan fingerprint density at radius 2 is 1.86 bits per heavy atom. The quantitative estimate of drug-likeness (QED) is 0.539. The van der Waals surface area contributed by atoms with Crippen LogP contribution in [0.3, 0.4) is 0 Å². The number of carbonyl (C=O) groups excluding carboxylic acids is 2. The number of nitrogens with two attached hydrogens (primary N) is 1. The molecule has 3 aromatic rings.